The van der Waals surface area contributed by atoms with Gasteiger partial charge in [0.15, 0.2) is 5.78 Å². The van der Waals surface area contributed by atoms with Crippen LogP contribution in [-0.4, -0.2) is 107 Å². The molecule has 0 aliphatic heterocycles. The molecule has 53 heavy (non-hydrogen) atoms. The van der Waals surface area contributed by atoms with Crippen LogP contribution in [0.5, 0.6) is 0 Å². The van der Waals surface area contributed by atoms with Gasteiger partial charge in [0, 0.05) is 32.2 Å². The van der Waals surface area contributed by atoms with Crippen molar-refractivity contribution in [1.29, 1.82) is 0 Å². The minimum atomic E-state index is -3.88. The first kappa shape index (κ1) is 45.2. The minimum absolute atomic E-state index is 0.0450. The van der Waals surface area contributed by atoms with Crippen LogP contribution in [0.4, 0.5) is 5.82 Å². The van der Waals surface area contributed by atoms with Gasteiger partial charge in [-0.2, -0.15) is 0 Å². The third-order valence-electron chi connectivity index (χ3n) is 7.84. The van der Waals surface area contributed by atoms with Crippen LogP contribution in [-0.2, 0) is 49.8 Å². The SMILES string of the molecule is O=C(O)CCCCCCCCCCCc1cccc(S(=O)(=O)Nc2ccc(C(=O)NCCOCCOCC(=O)CCCOCCOCC(=O)O)cn2)c1. The number of amides is 1. The molecule has 1 amide bonds. The van der Waals surface area contributed by atoms with Crippen molar-refractivity contribution in [3.8, 4) is 0 Å². The Kier molecular flexibility index (Phi) is 23.6. The van der Waals surface area contributed by atoms with Crippen molar-refractivity contribution in [1.82, 2.24) is 10.3 Å². The number of aromatic nitrogens is 1. The van der Waals surface area contributed by atoms with Crippen LogP contribution in [0.15, 0.2) is 47.5 Å². The van der Waals surface area contributed by atoms with Gasteiger partial charge in [0.2, 0.25) is 0 Å². The highest BCUT2D eigenvalue weighted by Gasteiger charge is 2.16. The first-order valence-electron chi connectivity index (χ1n) is 18.2. The lowest BCUT2D eigenvalue weighted by molar-refractivity contribution is -0.142. The number of aliphatic carboxylic acids is 2. The molecule has 0 saturated heterocycles. The highest BCUT2D eigenvalue weighted by atomic mass is 32.2. The summed E-state index contributed by atoms with van der Waals surface area (Å²) in [5.74, 6) is -2.16. The summed E-state index contributed by atoms with van der Waals surface area (Å²) in [5, 5.41) is 19.8. The first-order chi connectivity index (χ1) is 25.6. The number of sulfonamides is 1. The molecule has 0 saturated carbocycles. The molecule has 0 atom stereocenters. The van der Waals surface area contributed by atoms with E-state index in [0.717, 1.165) is 69.8 Å². The number of benzene rings is 1. The summed E-state index contributed by atoms with van der Waals surface area (Å²) < 4.78 is 49.4. The van der Waals surface area contributed by atoms with E-state index in [1.165, 1.54) is 24.4 Å². The van der Waals surface area contributed by atoms with Crippen LogP contribution >= 0.6 is 0 Å². The molecular weight excluding hydrogens is 710 g/mol. The van der Waals surface area contributed by atoms with Gasteiger partial charge in [0.25, 0.3) is 15.9 Å². The number of rotatable bonds is 33. The summed E-state index contributed by atoms with van der Waals surface area (Å²) in [6.07, 6.45) is 12.4. The molecule has 15 nitrogen and oxygen atoms in total. The number of hydrogen-bond acceptors (Lipinski definition) is 11. The molecule has 0 unspecified atom stereocenters. The lowest BCUT2D eigenvalue weighted by Gasteiger charge is -2.10. The summed E-state index contributed by atoms with van der Waals surface area (Å²) in [4.78, 5) is 49.4. The number of ketones is 1. The number of unbranched alkanes of at least 4 members (excludes halogenated alkanes) is 8. The van der Waals surface area contributed by atoms with Crippen LogP contribution in [0.2, 0.25) is 0 Å². The molecular formula is C37H55N3O12S. The van der Waals surface area contributed by atoms with Crippen LogP contribution < -0.4 is 10.0 Å². The number of hydrogen-bond donors (Lipinski definition) is 4. The monoisotopic (exact) mass is 765 g/mol. The Labute approximate surface area is 312 Å². The second-order valence-electron chi connectivity index (χ2n) is 12.4. The first-order valence-corrected chi connectivity index (χ1v) is 19.7. The standard InChI is InChI=1S/C37H55N3O12S/c41-32(14-11-20-49-22-25-52-29-36(44)45)28-51-24-23-50-21-19-38-37(46)31-17-18-34(39-27-31)40-53(47,48)33-15-10-13-30(26-33)12-8-6-4-2-1-3-5-7-9-16-35(42)43/h10,13,15,17-18,26-27H,1-9,11-12,14,16,19-25,28-29H2,(H,38,46)(H,39,40)(H,42,43)(H,44,45). The number of nitrogens with one attached hydrogen (secondary N) is 2. The second-order valence-corrected chi connectivity index (χ2v) is 14.1. The summed E-state index contributed by atoms with van der Waals surface area (Å²) in [6.45, 7) is 1.27. The van der Waals surface area contributed by atoms with Crippen molar-refractivity contribution >= 4 is 39.5 Å². The number of anilines is 1. The maximum atomic E-state index is 13.0. The summed E-state index contributed by atoms with van der Waals surface area (Å²) >= 11 is 0. The Morgan fingerprint density at radius 1 is 0.660 bits per heavy atom. The molecule has 0 aliphatic rings. The third-order valence-corrected chi connectivity index (χ3v) is 9.19. The van der Waals surface area contributed by atoms with E-state index >= 15 is 0 Å². The number of carbonyl (C=O) groups is 4. The van der Waals surface area contributed by atoms with E-state index in [0.29, 0.717) is 19.4 Å². The van der Waals surface area contributed by atoms with E-state index in [1.54, 1.807) is 12.1 Å². The van der Waals surface area contributed by atoms with Gasteiger partial charge >= 0.3 is 11.9 Å². The molecule has 1 heterocycles. The molecule has 0 fully saturated rings. The fourth-order valence-corrected chi connectivity index (χ4v) is 6.14. The lowest BCUT2D eigenvalue weighted by atomic mass is 10.0. The average Bonchev–Trinajstić information content (AvgIpc) is 3.12. The number of pyridine rings is 1. The van der Waals surface area contributed by atoms with E-state index in [4.69, 9.17) is 29.2 Å². The molecule has 2 aromatic rings. The van der Waals surface area contributed by atoms with Crippen molar-refractivity contribution < 1.29 is 56.8 Å². The van der Waals surface area contributed by atoms with Gasteiger partial charge in [0.1, 0.15) is 19.0 Å². The normalized spacial score (nSPS) is 11.3. The van der Waals surface area contributed by atoms with E-state index in [9.17, 15) is 27.6 Å². The van der Waals surface area contributed by atoms with E-state index in [2.05, 4.69) is 15.0 Å². The third kappa shape index (κ3) is 22.7. The largest absolute Gasteiger partial charge is 0.481 e. The molecule has 296 valence electrons. The second kappa shape index (κ2) is 27.6. The highest BCUT2D eigenvalue weighted by Crippen LogP contribution is 2.18. The number of aryl methyl sites for hydroxylation is 1. The smallest absolute Gasteiger partial charge is 0.329 e. The van der Waals surface area contributed by atoms with Gasteiger partial charge < -0.3 is 34.5 Å². The number of carboxylic acids is 2. The van der Waals surface area contributed by atoms with Crippen molar-refractivity contribution in [3.63, 3.8) is 0 Å². The Bertz CT molecular complexity index is 1470. The Balaban J connectivity index is 1.55. The molecule has 0 spiro atoms. The number of carboxylic acid groups (broad SMARTS) is 2. The molecule has 0 bridgehead atoms. The van der Waals surface area contributed by atoms with Gasteiger partial charge in [0.05, 0.1) is 43.5 Å². The van der Waals surface area contributed by atoms with Crippen LogP contribution in [0, 0.1) is 0 Å². The lowest BCUT2D eigenvalue weighted by Crippen LogP contribution is -2.28. The number of ether oxygens (including phenoxy) is 4. The minimum Gasteiger partial charge on any atom is -0.481 e. The summed E-state index contributed by atoms with van der Waals surface area (Å²) in [7, 11) is -3.88. The van der Waals surface area contributed by atoms with Crippen molar-refractivity contribution in [3.05, 3.63) is 53.7 Å². The molecule has 2 rings (SSSR count). The number of carbonyl (C=O) groups excluding carboxylic acids is 2. The highest BCUT2D eigenvalue weighted by molar-refractivity contribution is 7.92. The predicted octanol–water partition coefficient (Wildman–Crippen LogP) is 4.64. The van der Waals surface area contributed by atoms with Gasteiger partial charge in [-0.15, -0.1) is 0 Å². The summed E-state index contributed by atoms with van der Waals surface area (Å²) in [6, 6.07) is 9.75. The zero-order valence-electron chi connectivity index (χ0n) is 30.4. The van der Waals surface area contributed by atoms with Crippen LogP contribution in [0.1, 0.15) is 93.0 Å². The Morgan fingerprint density at radius 2 is 1.30 bits per heavy atom. The topological polar surface area (TPSA) is 217 Å². The zero-order valence-corrected chi connectivity index (χ0v) is 31.2. The van der Waals surface area contributed by atoms with Gasteiger partial charge in [-0.25, -0.2) is 18.2 Å². The van der Waals surface area contributed by atoms with Crippen molar-refractivity contribution in [2.24, 2.45) is 0 Å². The molecule has 4 N–H and O–H groups in total. The molecule has 0 radical (unpaired) electrons. The number of Topliss-reactive ketones (excluding diaryl/α,β-unsaturated/α-hetero) is 1. The van der Waals surface area contributed by atoms with Gasteiger partial charge in [-0.1, -0.05) is 57.1 Å². The fraction of sp³-hybridized carbons (Fsp3) is 0.595. The van der Waals surface area contributed by atoms with Crippen molar-refractivity contribution in [2.45, 2.75) is 88.4 Å². The maximum absolute atomic E-state index is 13.0. The van der Waals surface area contributed by atoms with Gasteiger partial charge in [-0.3, -0.25) is 19.1 Å². The number of nitrogens with zero attached hydrogens (tertiary/aromatic N) is 1. The molecule has 16 heteroatoms. The molecule has 1 aromatic carbocycles. The maximum Gasteiger partial charge on any atom is 0.329 e. The van der Waals surface area contributed by atoms with Crippen molar-refractivity contribution in [2.75, 3.05) is 64.1 Å². The van der Waals surface area contributed by atoms with E-state index in [1.807, 2.05) is 6.07 Å². The molecule has 1 aromatic heterocycles. The fourth-order valence-electron chi connectivity index (χ4n) is 5.06. The zero-order chi connectivity index (χ0) is 38.6. The van der Waals surface area contributed by atoms with Gasteiger partial charge in [-0.05, 0) is 55.5 Å². The average molecular weight is 766 g/mol. The van der Waals surface area contributed by atoms with E-state index < -0.39 is 27.9 Å². The van der Waals surface area contributed by atoms with Crippen LogP contribution in [0.3, 0.4) is 0 Å². The molecule has 0 aliphatic carbocycles. The summed E-state index contributed by atoms with van der Waals surface area (Å²) in [5.41, 5.74) is 1.19. The Hall–Kier alpha value is -3.96. The van der Waals surface area contributed by atoms with Crippen LogP contribution in [0.25, 0.3) is 0 Å². The Morgan fingerprint density at radius 3 is 1.96 bits per heavy atom. The quantitative estimate of drug-likeness (QED) is 0.0730. The van der Waals surface area contributed by atoms with E-state index in [-0.39, 0.29) is 81.3 Å². The predicted molar refractivity (Wildman–Crippen MR) is 196 cm³/mol.